The number of hydrogen-bond donors (Lipinski definition) is 2. The van der Waals surface area contributed by atoms with Crippen molar-refractivity contribution in [2.24, 2.45) is 0 Å². The van der Waals surface area contributed by atoms with Gasteiger partial charge in [-0.3, -0.25) is 14.5 Å². The zero-order valence-corrected chi connectivity index (χ0v) is 16.8. The number of H-pyrrole nitrogens is 1. The van der Waals surface area contributed by atoms with Gasteiger partial charge in [-0.15, -0.1) is 0 Å². The molecule has 160 valence electrons. The average molecular weight is 427 g/mol. The molecule has 0 aliphatic rings. The van der Waals surface area contributed by atoms with Crippen molar-refractivity contribution < 1.29 is 13.5 Å². The first-order valence-electron chi connectivity index (χ1n) is 9.30. The van der Waals surface area contributed by atoms with Crippen LogP contribution in [0.2, 0.25) is 0 Å². The summed E-state index contributed by atoms with van der Waals surface area (Å²) in [6.45, 7) is 1.08. The lowest BCUT2D eigenvalue weighted by Gasteiger charge is -2.13. The van der Waals surface area contributed by atoms with Crippen molar-refractivity contribution in [2.45, 2.75) is 0 Å². The summed E-state index contributed by atoms with van der Waals surface area (Å²) >= 11 is 0. The summed E-state index contributed by atoms with van der Waals surface area (Å²) in [6.07, 6.45) is 2.58. The van der Waals surface area contributed by atoms with Gasteiger partial charge in [-0.25, -0.2) is 18.7 Å². The van der Waals surface area contributed by atoms with Crippen LogP contribution in [0.15, 0.2) is 41.6 Å². The standard InChI is InChI=1S/C20H19F2N7O2/c1-28(2)6-7-31-15-8-14(24-10-25-15)11-9-29(18-12(21)4-3-5-13(18)22)20(30)16-17(11)26-27-19(16)23/h3-5,8-10H,6-7H2,1-2H3,(H3,23,26,27). The van der Waals surface area contributed by atoms with Crippen LogP contribution in [-0.2, 0) is 0 Å². The highest BCUT2D eigenvalue weighted by Crippen LogP contribution is 2.29. The molecule has 0 saturated heterocycles. The monoisotopic (exact) mass is 427 g/mol. The zero-order chi connectivity index (χ0) is 22.1. The Morgan fingerprint density at radius 1 is 1.23 bits per heavy atom. The van der Waals surface area contributed by atoms with Crippen molar-refractivity contribution in [1.82, 2.24) is 29.6 Å². The summed E-state index contributed by atoms with van der Waals surface area (Å²) in [5.41, 5.74) is 5.62. The third-order valence-corrected chi connectivity index (χ3v) is 4.64. The molecule has 31 heavy (non-hydrogen) atoms. The predicted molar refractivity (Wildman–Crippen MR) is 111 cm³/mol. The van der Waals surface area contributed by atoms with Gasteiger partial charge in [0.2, 0.25) is 5.88 Å². The number of hydrogen-bond acceptors (Lipinski definition) is 7. The molecule has 0 unspecified atom stereocenters. The minimum Gasteiger partial charge on any atom is -0.476 e. The lowest BCUT2D eigenvalue weighted by Crippen LogP contribution is -2.21. The first-order chi connectivity index (χ1) is 14.9. The van der Waals surface area contributed by atoms with Crippen molar-refractivity contribution in [3.8, 4) is 22.8 Å². The molecule has 0 aliphatic heterocycles. The van der Waals surface area contributed by atoms with Gasteiger partial charge < -0.3 is 15.4 Å². The number of nitrogens with zero attached hydrogens (tertiary/aromatic N) is 5. The van der Waals surface area contributed by atoms with E-state index < -0.39 is 22.9 Å². The molecule has 11 heteroatoms. The molecule has 3 N–H and O–H groups in total. The fourth-order valence-corrected chi connectivity index (χ4v) is 3.12. The highest BCUT2D eigenvalue weighted by molar-refractivity contribution is 5.97. The Morgan fingerprint density at radius 3 is 2.68 bits per heavy atom. The van der Waals surface area contributed by atoms with Crippen LogP contribution in [-0.4, -0.2) is 56.9 Å². The molecule has 0 bridgehead atoms. The van der Waals surface area contributed by atoms with Crippen molar-refractivity contribution >= 4 is 16.7 Å². The van der Waals surface area contributed by atoms with Gasteiger partial charge in [0, 0.05) is 24.4 Å². The van der Waals surface area contributed by atoms with E-state index in [1.807, 2.05) is 19.0 Å². The van der Waals surface area contributed by atoms with E-state index in [-0.39, 0.29) is 16.7 Å². The number of pyridine rings is 1. The van der Waals surface area contributed by atoms with Gasteiger partial charge in [0.1, 0.15) is 35.6 Å². The van der Waals surface area contributed by atoms with Gasteiger partial charge in [0.15, 0.2) is 5.82 Å². The number of ether oxygens (including phenoxy) is 1. The number of likely N-dealkylation sites (N-methyl/N-ethyl adjacent to an activating group) is 1. The highest BCUT2D eigenvalue weighted by Gasteiger charge is 2.21. The number of rotatable bonds is 6. The number of nitrogen functional groups attached to an aromatic ring is 1. The van der Waals surface area contributed by atoms with Gasteiger partial charge in [0.05, 0.1) is 11.2 Å². The summed E-state index contributed by atoms with van der Waals surface area (Å²) in [6, 6.07) is 4.91. The van der Waals surface area contributed by atoms with E-state index >= 15 is 0 Å². The molecule has 0 atom stereocenters. The second-order valence-electron chi connectivity index (χ2n) is 7.04. The summed E-state index contributed by atoms with van der Waals surface area (Å²) < 4.78 is 35.4. The first kappa shape index (κ1) is 20.4. The zero-order valence-electron chi connectivity index (χ0n) is 16.8. The number of para-hydroxylation sites is 1. The Morgan fingerprint density at radius 2 is 1.97 bits per heavy atom. The smallest absolute Gasteiger partial charge is 0.268 e. The quantitative estimate of drug-likeness (QED) is 0.483. The molecule has 1 aromatic carbocycles. The molecule has 0 amide bonds. The second-order valence-corrected chi connectivity index (χ2v) is 7.04. The predicted octanol–water partition coefficient (Wildman–Crippen LogP) is 1.97. The molecule has 0 fully saturated rings. The summed E-state index contributed by atoms with van der Waals surface area (Å²) in [7, 11) is 3.83. The van der Waals surface area contributed by atoms with Crippen molar-refractivity contribution in [3.63, 3.8) is 0 Å². The third kappa shape index (κ3) is 3.82. The molecule has 0 aliphatic carbocycles. The average Bonchev–Trinajstić information content (AvgIpc) is 3.11. The van der Waals surface area contributed by atoms with Crippen LogP contribution in [0.25, 0.3) is 27.8 Å². The minimum atomic E-state index is -0.898. The number of aromatic nitrogens is 5. The third-order valence-electron chi connectivity index (χ3n) is 4.64. The molecule has 0 saturated carbocycles. The number of benzene rings is 1. The maximum absolute atomic E-state index is 14.4. The number of nitrogens with one attached hydrogen (secondary N) is 1. The summed E-state index contributed by atoms with van der Waals surface area (Å²) in [4.78, 5) is 23.3. The van der Waals surface area contributed by atoms with Gasteiger partial charge in [0.25, 0.3) is 5.56 Å². The molecule has 0 radical (unpaired) electrons. The van der Waals surface area contributed by atoms with Crippen LogP contribution >= 0.6 is 0 Å². The Hall–Kier alpha value is -3.86. The SMILES string of the molecule is CN(C)CCOc1cc(-c2cn(-c3c(F)cccc3F)c(=O)c3c(N)n[nH]c23)ncn1. The Kier molecular flexibility index (Phi) is 5.34. The maximum Gasteiger partial charge on any atom is 0.268 e. The largest absolute Gasteiger partial charge is 0.476 e. The van der Waals surface area contributed by atoms with E-state index in [0.29, 0.717) is 30.3 Å². The van der Waals surface area contributed by atoms with Crippen LogP contribution in [0, 0.1) is 11.6 Å². The van der Waals surface area contributed by atoms with E-state index in [9.17, 15) is 13.6 Å². The van der Waals surface area contributed by atoms with E-state index in [2.05, 4.69) is 20.2 Å². The molecule has 0 spiro atoms. The summed E-state index contributed by atoms with van der Waals surface area (Å²) in [5, 5.41) is 6.58. The number of halogens is 2. The fourth-order valence-electron chi connectivity index (χ4n) is 3.12. The van der Waals surface area contributed by atoms with Crippen LogP contribution in [0.5, 0.6) is 5.88 Å². The molecule has 3 heterocycles. The van der Waals surface area contributed by atoms with Gasteiger partial charge >= 0.3 is 0 Å². The van der Waals surface area contributed by atoms with Crippen molar-refractivity contribution in [1.29, 1.82) is 0 Å². The lowest BCUT2D eigenvalue weighted by molar-refractivity contribution is 0.253. The van der Waals surface area contributed by atoms with Crippen molar-refractivity contribution in [3.05, 3.63) is 58.8 Å². The lowest BCUT2D eigenvalue weighted by atomic mass is 10.1. The molecule has 9 nitrogen and oxygen atoms in total. The van der Waals surface area contributed by atoms with Gasteiger partial charge in [-0.2, -0.15) is 5.10 Å². The molecule has 4 rings (SSSR count). The van der Waals surface area contributed by atoms with Crippen LogP contribution < -0.4 is 16.0 Å². The number of aromatic amines is 1. The Bertz CT molecular complexity index is 1300. The van der Waals surface area contributed by atoms with E-state index in [1.165, 1.54) is 18.6 Å². The highest BCUT2D eigenvalue weighted by atomic mass is 19.1. The van der Waals surface area contributed by atoms with Crippen LogP contribution in [0.1, 0.15) is 0 Å². The van der Waals surface area contributed by atoms with Crippen LogP contribution in [0.3, 0.4) is 0 Å². The van der Waals surface area contributed by atoms with E-state index in [0.717, 1.165) is 16.7 Å². The Labute approximate surface area is 175 Å². The number of anilines is 1. The topological polar surface area (TPSA) is 115 Å². The molecular weight excluding hydrogens is 408 g/mol. The van der Waals surface area contributed by atoms with Gasteiger partial charge in [-0.05, 0) is 26.2 Å². The van der Waals surface area contributed by atoms with E-state index in [1.54, 1.807) is 6.07 Å². The molecule has 4 aromatic rings. The number of nitrogens with two attached hydrogens (primary N) is 1. The van der Waals surface area contributed by atoms with Crippen LogP contribution in [0.4, 0.5) is 14.6 Å². The first-order valence-corrected chi connectivity index (χ1v) is 9.30. The fraction of sp³-hybridized carbons (Fsp3) is 0.200. The maximum atomic E-state index is 14.4. The minimum absolute atomic E-state index is 0.00570. The van der Waals surface area contributed by atoms with Crippen molar-refractivity contribution in [2.75, 3.05) is 33.0 Å². The van der Waals surface area contributed by atoms with Gasteiger partial charge in [-0.1, -0.05) is 6.07 Å². The molecular formula is C20H19F2N7O2. The second kappa shape index (κ2) is 8.11. The molecule has 3 aromatic heterocycles. The number of fused-ring (bicyclic) bond motifs is 1. The Balaban J connectivity index is 1.90. The van der Waals surface area contributed by atoms with E-state index in [4.69, 9.17) is 10.5 Å². The summed E-state index contributed by atoms with van der Waals surface area (Å²) in [5.74, 6) is -1.58. The normalized spacial score (nSPS) is 11.4.